The Hall–Kier alpha value is -1.79. The van der Waals surface area contributed by atoms with Crippen molar-refractivity contribution in [2.75, 3.05) is 5.32 Å². The van der Waals surface area contributed by atoms with E-state index in [0.29, 0.717) is 11.4 Å². The van der Waals surface area contributed by atoms with Gasteiger partial charge >= 0.3 is 0 Å². The number of nitrogens with zero attached hydrogens (tertiary/aromatic N) is 4. The van der Waals surface area contributed by atoms with Gasteiger partial charge in [-0.15, -0.1) is 5.10 Å². The van der Waals surface area contributed by atoms with Crippen molar-refractivity contribution in [2.24, 2.45) is 0 Å². The summed E-state index contributed by atoms with van der Waals surface area (Å²) < 4.78 is 0. The number of rotatable bonds is 2. The molecular weight excluding hydrogens is 289 g/mol. The lowest BCUT2D eigenvalue weighted by molar-refractivity contribution is 0.102. The normalized spacial score (nSPS) is 10.3. The summed E-state index contributed by atoms with van der Waals surface area (Å²) in [7, 11) is 0. The summed E-state index contributed by atoms with van der Waals surface area (Å²) in [6, 6.07) is 2.99. The summed E-state index contributed by atoms with van der Waals surface area (Å²) in [5.41, 5.74) is 1.38. The van der Waals surface area contributed by atoms with Gasteiger partial charge in [0.05, 0.1) is 16.4 Å². The van der Waals surface area contributed by atoms with Crippen LogP contribution in [0.1, 0.15) is 21.9 Å². The highest BCUT2D eigenvalue weighted by Crippen LogP contribution is 2.17. The van der Waals surface area contributed by atoms with Crippen LogP contribution in [0.3, 0.4) is 0 Å². The van der Waals surface area contributed by atoms with Gasteiger partial charge in [0.15, 0.2) is 0 Å². The number of hydrogen-bond donors (Lipinski definition) is 1. The van der Waals surface area contributed by atoms with Gasteiger partial charge < -0.3 is 0 Å². The molecule has 0 atom stereocenters. The van der Waals surface area contributed by atoms with Crippen LogP contribution in [0.25, 0.3) is 0 Å². The van der Waals surface area contributed by atoms with E-state index in [0.717, 1.165) is 0 Å². The summed E-state index contributed by atoms with van der Waals surface area (Å²) in [5.74, 6) is -0.455. The van der Waals surface area contributed by atoms with E-state index >= 15 is 0 Å². The van der Waals surface area contributed by atoms with Crippen molar-refractivity contribution in [2.45, 2.75) is 13.8 Å². The van der Waals surface area contributed by atoms with Crippen LogP contribution in [0.5, 0.6) is 0 Å². The van der Waals surface area contributed by atoms with E-state index < -0.39 is 5.91 Å². The number of nitrogens with one attached hydrogen (secondary N) is 1. The summed E-state index contributed by atoms with van der Waals surface area (Å²) in [5, 5.41) is 10.5. The number of aryl methyl sites for hydroxylation is 2. The second-order valence-electron chi connectivity index (χ2n) is 3.72. The molecule has 2 aromatic heterocycles. The molecule has 2 rings (SSSR count). The number of carbonyl (C=O) groups is 1. The predicted octanol–water partition coefficient (Wildman–Crippen LogP) is 2.44. The van der Waals surface area contributed by atoms with Crippen LogP contribution in [0.4, 0.5) is 5.95 Å². The van der Waals surface area contributed by atoms with Crippen molar-refractivity contribution >= 4 is 35.1 Å². The largest absolute Gasteiger partial charge is 0.288 e. The van der Waals surface area contributed by atoms with Crippen molar-refractivity contribution in [1.82, 2.24) is 20.2 Å². The maximum Gasteiger partial charge on any atom is 0.278 e. The molecule has 0 unspecified atom stereocenters. The lowest BCUT2D eigenvalue weighted by Crippen LogP contribution is -2.17. The van der Waals surface area contributed by atoms with Crippen LogP contribution in [0, 0.1) is 13.8 Å². The highest BCUT2D eigenvalue weighted by molar-refractivity contribution is 6.35. The predicted molar refractivity (Wildman–Crippen MR) is 71.5 cm³/mol. The fourth-order valence-electron chi connectivity index (χ4n) is 1.25. The molecule has 0 bridgehead atoms. The topological polar surface area (TPSA) is 80.7 Å². The molecule has 1 amide bonds. The first kappa shape index (κ1) is 13.6. The Labute approximate surface area is 119 Å². The molecule has 0 spiro atoms. The Morgan fingerprint density at radius 3 is 2.53 bits per heavy atom. The molecule has 0 fully saturated rings. The van der Waals surface area contributed by atoms with Crippen molar-refractivity contribution in [3.63, 3.8) is 0 Å². The van der Waals surface area contributed by atoms with Crippen LogP contribution in [-0.2, 0) is 0 Å². The van der Waals surface area contributed by atoms with Gasteiger partial charge in [0.25, 0.3) is 5.91 Å². The van der Waals surface area contributed by atoms with Gasteiger partial charge in [0, 0.05) is 0 Å². The minimum atomic E-state index is -0.544. The second-order valence-corrected chi connectivity index (χ2v) is 4.52. The SMILES string of the molecule is Cc1nnc(NC(=O)c2nc(Cl)ccc2Cl)nc1C. The van der Waals surface area contributed by atoms with Crippen LogP contribution < -0.4 is 5.32 Å². The Morgan fingerprint density at radius 1 is 1.11 bits per heavy atom. The van der Waals surface area contributed by atoms with Gasteiger partial charge in [-0.3, -0.25) is 10.1 Å². The number of carbonyl (C=O) groups excluding carboxylic acids is 1. The van der Waals surface area contributed by atoms with E-state index in [-0.39, 0.29) is 21.8 Å². The van der Waals surface area contributed by atoms with Gasteiger partial charge in [-0.05, 0) is 26.0 Å². The molecule has 0 aliphatic rings. The molecule has 1 N–H and O–H groups in total. The summed E-state index contributed by atoms with van der Waals surface area (Å²) >= 11 is 11.6. The Balaban J connectivity index is 2.25. The van der Waals surface area contributed by atoms with Crippen molar-refractivity contribution in [1.29, 1.82) is 0 Å². The second kappa shape index (κ2) is 5.46. The van der Waals surface area contributed by atoms with E-state index in [9.17, 15) is 4.79 Å². The fourth-order valence-corrected chi connectivity index (χ4v) is 1.59. The number of pyridine rings is 1. The minimum absolute atomic E-state index is 0.0102. The first-order valence-corrected chi connectivity index (χ1v) is 6.04. The number of aromatic nitrogens is 4. The summed E-state index contributed by atoms with van der Waals surface area (Å²) in [6.07, 6.45) is 0. The van der Waals surface area contributed by atoms with Crippen LogP contribution in [0.15, 0.2) is 12.1 Å². The molecule has 8 heteroatoms. The van der Waals surface area contributed by atoms with Gasteiger partial charge in [-0.1, -0.05) is 23.2 Å². The van der Waals surface area contributed by atoms with Gasteiger partial charge in [-0.2, -0.15) is 5.10 Å². The van der Waals surface area contributed by atoms with Crippen molar-refractivity contribution < 1.29 is 4.79 Å². The molecule has 0 aromatic carbocycles. The Kier molecular flexibility index (Phi) is 3.92. The number of hydrogen-bond acceptors (Lipinski definition) is 5. The highest BCUT2D eigenvalue weighted by atomic mass is 35.5. The average Bonchev–Trinajstić information content (AvgIpc) is 2.36. The fraction of sp³-hybridized carbons (Fsp3) is 0.182. The maximum absolute atomic E-state index is 12.0. The molecule has 6 nitrogen and oxygen atoms in total. The lowest BCUT2D eigenvalue weighted by atomic mass is 10.3. The monoisotopic (exact) mass is 297 g/mol. The van der Waals surface area contributed by atoms with Gasteiger partial charge in [-0.25, -0.2) is 9.97 Å². The average molecular weight is 298 g/mol. The van der Waals surface area contributed by atoms with E-state index in [1.54, 1.807) is 13.8 Å². The van der Waals surface area contributed by atoms with Gasteiger partial charge in [0.1, 0.15) is 10.8 Å². The molecule has 19 heavy (non-hydrogen) atoms. The number of amides is 1. The van der Waals surface area contributed by atoms with Crippen LogP contribution in [0.2, 0.25) is 10.2 Å². The zero-order chi connectivity index (χ0) is 14.0. The van der Waals surface area contributed by atoms with E-state index in [1.807, 2.05) is 0 Å². The van der Waals surface area contributed by atoms with E-state index in [4.69, 9.17) is 23.2 Å². The van der Waals surface area contributed by atoms with Crippen molar-refractivity contribution in [3.8, 4) is 0 Å². The highest BCUT2D eigenvalue weighted by Gasteiger charge is 2.15. The van der Waals surface area contributed by atoms with Crippen LogP contribution >= 0.6 is 23.2 Å². The standard InChI is InChI=1S/C11H9Cl2N5O/c1-5-6(2)17-18-11(14-5)16-10(19)9-7(12)3-4-8(13)15-9/h3-4H,1-2H3,(H,14,16,18,19). The van der Waals surface area contributed by atoms with Gasteiger partial charge in [0.2, 0.25) is 5.95 Å². The molecule has 0 radical (unpaired) electrons. The van der Waals surface area contributed by atoms with E-state index in [1.165, 1.54) is 12.1 Å². The first-order chi connectivity index (χ1) is 8.97. The Bertz CT molecular complexity index is 647. The lowest BCUT2D eigenvalue weighted by Gasteiger charge is -2.05. The quantitative estimate of drug-likeness (QED) is 0.861. The molecule has 0 aliphatic heterocycles. The molecule has 98 valence electrons. The third-order valence-corrected chi connectivity index (χ3v) is 2.86. The number of anilines is 1. The Morgan fingerprint density at radius 2 is 1.84 bits per heavy atom. The molecule has 0 saturated heterocycles. The van der Waals surface area contributed by atoms with Crippen molar-refractivity contribution in [3.05, 3.63) is 39.4 Å². The zero-order valence-corrected chi connectivity index (χ0v) is 11.6. The molecular formula is C11H9Cl2N5O. The zero-order valence-electron chi connectivity index (χ0n) is 10.1. The third-order valence-electron chi connectivity index (χ3n) is 2.34. The molecule has 0 saturated carbocycles. The van der Waals surface area contributed by atoms with Crippen LogP contribution in [-0.4, -0.2) is 26.1 Å². The van der Waals surface area contributed by atoms with E-state index in [2.05, 4.69) is 25.5 Å². The smallest absolute Gasteiger partial charge is 0.278 e. The number of halogens is 2. The molecule has 0 aliphatic carbocycles. The molecule has 2 aromatic rings. The first-order valence-electron chi connectivity index (χ1n) is 5.28. The summed E-state index contributed by atoms with van der Waals surface area (Å²) in [4.78, 5) is 19.9. The third kappa shape index (κ3) is 3.15. The summed E-state index contributed by atoms with van der Waals surface area (Å²) in [6.45, 7) is 3.54. The molecule has 2 heterocycles. The maximum atomic E-state index is 12.0. The minimum Gasteiger partial charge on any atom is -0.288 e.